The van der Waals surface area contributed by atoms with E-state index in [2.05, 4.69) is 60.9 Å². The number of fused-ring (bicyclic) bond motifs is 7. The Labute approximate surface area is 225 Å². The van der Waals surface area contributed by atoms with Gasteiger partial charge in [0.2, 0.25) is 0 Å². The number of benzene rings is 3. The van der Waals surface area contributed by atoms with Gasteiger partial charge in [0.05, 0.1) is 17.4 Å². The third-order valence-electron chi connectivity index (χ3n) is 7.81. The van der Waals surface area contributed by atoms with Crippen molar-refractivity contribution in [1.82, 2.24) is 28.7 Å². The van der Waals surface area contributed by atoms with Gasteiger partial charge in [0.25, 0.3) is 5.56 Å². The molecule has 0 fully saturated rings. The van der Waals surface area contributed by atoms with Gasteiger partial charge >= 0.3 is 0 Å². The Bertz CT molecular complexity index is 2080. The molecule has 0 aliphatic carbocycles. The van der Waals surface area contributed by atoms with Crippen LogP contribution in [0.5, 0.6) is 0 Å². The normalized spacial score (nSPS) is 12.1. The van der Waals surface area contributed by atoms with E-state index in [1.807, 2.05) is 28.8 Å². The van der Waals surface area contributed by atoms with Crippen molar-refractivity contribution in [3.05, 3.63) is 83.4 Å². The van der Waals surface area contributed by atoms with Crippen molar-refractivity contribution in [2.24, 2.45) is 0 Å². The van der Waals surface area contributed by atoms with Crippen LogP contribution in [0.15, 0.2) is 77.9 Å². The van der Waals surface area contributed by atoms with E-state index in [0.29, 0.717) is 28.7 Å². The van der Waals surface area contributed by atoms with Gasteiger partial charge in [-0.1, -0.05) is 56.5 Å². The Morgan fingerprint density at radius 3 is 2.36 bits per heavy atom. The zero-order valence-corrected chi connectivity index (χ0v) is 22.3. The highest BCUT2D eigenvalue weighted by atomic mass is 16.1. The summed E-state index contributed by atoms with van der Waals surface area (Å²) in [5.74, 6) is 0. The van der Waals surface area contributed by atoms with Crippen molar-refractivity contribution in [1.29, 1.82) is 0 Å². The molecule has 7 rings (SSSR count). The predicted molar refractivity (Wildman–Crippen MR) is 159 cm³/mol. The van der Waals surface area contributed by atoms with Gasteiger partial charge in [0.15, 0.2) is 11.3 Å². The molecule has 3 aromatic carbocycles. The molecular weight excluding hydrogens is 484 g/mol. The number of para-hydroxylation sites is 3. The molecule has 39 heavy (non-hydrogen) atoms. The van der Waals surface area contributed by atoms with E-state index >= 15 is 0 Å². The smallest absolute Gasteiger partial charge is 0.265 e. The quantitative estimate of drug-likeness (QED) is 0.215. The van der Waals surface area contributed by atoms with Crippen molar-refractivity contribution in [3.8, 4) is 5.69 Å². The summed E-state index contributed by atoms with van der Waals surface area (Å²) in [4.78, 5) is 28.7. The molecule has 0 aliphatic heterocycles. The van der Waals surface area contributed by atoms with Gasteiger partial charge in [0, 0.05) is 40.6 Å². The van der Waals surface area contributed by atoms with Crippen molar-refractivity contribution in [3.63, 3.8) is 0 Å². The highest BCUT2D eigenvalue weighted by molar-refractivity contribution is 6.10. The van der Waals surface area contributed by atoms with Gasteiger partial charge in [0.1, 0.15) is 10.9 Å². The first-order chi connectivity index (χ1) is 19.2. The standard InChI is InChI=1S/C32H30N6O/c1-3-5-6-11-18-36-20-33-30-28(32(36)39)29-31(35-25-14-9-8-13-24(25)34-29)38(30)21-16-17-27-23(19-21)22-12-7-10-15-26(22)37(27)4-2/h7-10,12-17,19-20H,3-6,11,18H2,1-2H3. The first-order valence-electron chi connectivity index (χ1n) is 13.9. The highest BCUT2D eigenvalue weighted by Gasteiger charge is 2.21. The molecule has 0 aliphatic rings. The largest absolute Gasteiger partial charge is 0.341 e. The Morgan fingerprint density at radius 1 is 0.769 bits per heavy atom. The number of rotatable bonds is 7. The van der Waals surface area contributed by atoms with Crippen LogP contribution in [-0.4, -0.2) is 28.7 Å². The maximum Gasteiger partial charge on any atom is 0.265 e. The summed E-state index contributed by atoms with van der Waals surface area (Å²) >= 11 is 0. The molecule has 0 spiro atoms. The van der Waals surface area contributed by atoms with Crippen molar-refractivity contribution >= 4 is 55.0 Å². The number of nitrogens with zero attached hydrogens (tertiary/aromatic N) is 6. The van der Waals surface area contributed by atoms with Crippen LogP contribution in [0.3, 0.4) is 0 Å². The highest BCUT2D eigenvalue weighted by Crippen LogP contribution is 2.33. The lowest BCUT2D eigenvalue weighted by Crippen LogP contribution is -2.20. The average Bonchev–Trinajstić information content (AvgIpc) is 3.47. The van der Waals surface area contributed by atoms with Crippen LogP contribution in [0.1, 0.15) is 39.5 Å². The summed E-state index contributed by atoms with van der Waals surface area (Å²) in [5.41, 5.74) is 6.64. The molecule has 0 saturated heterocycles. The average molecular weight is 515 g/mol. The summed E-state index contributed by atoms with van der Waals surface area (Å²) in [6, 6.07) is 22.8. The SMILES string of the molecule is CCCCCCn1cnc2c(c1=O)c1nc3ccccc3nc1n2-c1ccc2c(c1)c1ccccc1n2CC. The third kappa shape index (κ3) is 3.64. The molecule has 0 bridgehead atoms. The van der Waals surface area contributed by atoms with Crippen LogP contribution < -0.4 is 5.56 Å². The molecule has 0 radical (unpaired) electrons. The van der Waals surface area contributed by atoms with Gasteiger partial charge in [-0.15, -0.1) is 0 Å². The molecular formula is C32H30N6O. The topological polar surface area (TPSA) is 70.5 Å². The first kappa shape index (κ1) is 23.6. The first-order valence-corrected chi connectivity index (χ1v) is 13.9. The second-order valence-electron chi connectivity index (χ2n) is 10.2. The molecule has 0 saturated carbocycles. The molecule has 194 valence electrons. The number of hydrogen-bond acceptors (Lipinski definition) is 4. The zero-order chi connectivity index (χ0) is 26.5. The fourth-order valence-electron chi connectivity index (χ4n) is 5.91. The molecule has 0 amide bonds. The number of aryl methyl sites for hydroxylation is 2. The Morgan fingerprint density at radius 2 is 1.54 bits per heavy atom. The minimum absolute atomic E-state index is 0.0616. The molecule has 7 nitrogen and oxygen atoms in total. The van der Waals surface area contributed by atoms with Crippen molar-refractivity contribution in [2.75, 3.05) is 0 Å². The second-order valence-corrected chi connectivity index (χ2v) is 10.2. The number of aromatic nitrogens is 6. The van der Waals surface area contributed by atoms with Crippen LogP contribution in [0, 0.1) is 0 Å². The fourth-order valence-corrected chi connectivity index (χ4v) is 5.91. The molecule has 7 aromatic rings. The maximum absolute atomic E-state index is 13.9. The summed E-state index contributed by atoms with van der Waals surface area (Å²) < 4.78 is 6.07. The van der Waals surface area contributed by atoms with Crippen LogP contribution in [0.25, 0.3) is 60.7 Å². The fraction of sp³-hybridized carbons (Fsp3) is 0.250. The Kier molecular flexibility index (Phi) is 5.65. The lowest BCUT2D eigenvalue weighted by atomic mass is 10.1. The van der Waals surface area contributed by atoms with Crippen molar-refractivity contribution < 1.29 is 0 Å². The van der Waals surface area contributed by atoms with E-state index in [0.717, 1.165) is 54.3 Å². The molecule has 0 atom stereocenters. The third-order valence-corrected chi connectivity index (χ3v) is 7.81. The summed E-state index contributed by atoms with van der Waals surface area (Å²) in [7, 11) is 0. The number of unbranched alkanes of at least 4 members (excludes halogenated alkanes) is 3. The van der Waals surface area contributed by atoms with E-state index in [-0.39, 0.29) is 5.56 Å². The number of hydrogen-bond donors (Lipinski definition) is 0. The summed E-state index contributed by atoms with van der Waals surface area (Å²) in [6.45, 7) is 5.90. The minimum Gasteiger partial charge on any atom is -0.341 e. The lowest BCUT2D eigenvalue weighted by molar-refractivity contribution is 0.567. The van der Waals surface area contributed by atoms with Crippen LogP contribution in [-0.2, 0) is 13.1 Å². The molecule has 4 heterocycles. The molecule has 4 aromatic heterocycles. The van der Waals surface area contributed by atoms with Crippen molar-refractivity contribution in [2.45, 2.75) is 52.6 Å². The molecule has 0 N–H and O–H groups in total. The summed E-state index contributed by atoms with van der Waals surface area (Å²) in [6.07, 6.45) is 6.06. The van der Waals surface area contributed by atoms with Gasteiger partial charge in [-0.05, 0) is 49.7 Å². The second kappa shape index (κ2) is 9.34. The monoisotopic (exact) mass is 514 g/mol. The molecule has 0 unspecified atom stereocenters. The minimum atomic E-state index is -0.0616. The van der Waals surface area contributed by atoms with E-state index < -0.39 is 0 Å². The van der Waals surface area contributed by atoms with Crippen LogP contribution >= 0.6 is 0 Å². The predicted octanol–water partition coefficient (Wildman–Crippen LogP) is 6.99. The zero-order valence-electron chi connectivity index (χ0n) is 22.3. The van der Waals surface area contributed by atoms with E-state index in [4.69, 9.17) is 15.0 Å². The lowest BCUT2D eigenvalue weighted by Gasteiger charge is -2.09. The van der Waals surface area contributed by atoms with E-state index in [9.17, 15) is 4.79 Å². The van der Waals surface area contributed by atoms with E-state index in [1.54, 1.807) is 10.9 Å². The Balaban J connectivity index is 1.52. The maximum atomic E-state index is 13.9. The molecule has 7 heteroatoms. The summed E-state index contributed by atoms with van der Waals surface area (Å²) in [5, 5.41) is 2.89. The van der Waals surface area contributed by atoms with Gasteiger partial charge in [-0.2, -0.15) is 0 Å². The van der Waals surface area contributed by atoms with Gasteiger partial charge < -0.3 is 4.57 Å². The van der Waals surface area contributed by atoms with Gasteiger partial charge in [-0.3, -0.25) is 13.9 Å². The van der Waals surface area contributed by atoms with Gasteiger partial charge in [-0.25, -0.2) is 15.0 Å². The van der Waals surface area contributed by atoms with E-state index in [1.165, 1.54) is 16.4 Å². The van der Waals surface area contributed by atoms with Crippen LogP contribution in [0.2, 0.25) is 0 Å². The van der Waals surface area contributed by atoms with Crippen LogP contribution in [0.4, 0.5) is 0 Å². The Hall–Kier alpha value is -4.52.